The first-order valence-corrected chi connectivity index (χ1v) is 10.5. The lowest BCUT2D eigenvalue weighted by Gasteiger charge is -2.24. The molecule has 1 unspecified atom stereocenters. The van der Waals surface area contributed by atoms with E-state index >= 15 is 0 Å². The molecule has 1 aromatic carbocycles. The number of nitrogens with one attached hydrogen (secondary N) is 3. The molecule has 8 nitrogen and oxygen atoms in total. The van der Waals surface area contributed by atoms with Gasteiger partial charge < -0.3 is 25.8 Å². The Balaban J connectivity index is 1.85. The summed E-state index contributed by atoms with van der Waals surface area (Å²) < 4.78 is 5.23. The predicted octanol–water partition coefficient (Wildman–Crippen LogP) is 1.37. The monoisotopic (exact) mass is 419 g/mol. The average Bonchev–Trinajstić information content (AvgIpc) is 3.11. The highest BCUT2D eigenvalue weighted by Crippen LogP contribution is 2.16. The molecule has 1 aliphatic rings. The van der Waals surface area contributed by atoms with Gasteiger partial charge in [-0.05, 0) is 30.7 Å². The third kappa shape index (κ3) is 8.02. The number of hydrogen-bond donors (Lipinski definition) is 4. The SMILES string of the molecule is CC(C)C[C@H](NC(=O)OCCc1ccccc1)C(=O)N[C@H](CO)CC1CCNC1=O. The summed E-state index contributed by atoms with van der Waals surface area (Å²) >= 11 is 0. The molecule has 3 amide bonds. The van der Waals surface area contributed by atoms with Crippen molar-refractivity contribution in [3.63, 3.8) is 0 Å². The van der Waals surface area contributed by atoms with Crippen LogP contribution in [0.5, 0.6) is 0 Å². The first kappa shape index (κ1) is 23.7. The summed E-state index contributed by atoms with van der Waals surface area (Å²) in [7, 11) is 0. The van der Waals surface area contributed by atoms with Crippen molar-refractivity contribution in [1.29, 1.82) is 0 Å². The molecule has 4 N–H and O–H groups in total. The lowest BCUT2D eigenvalue weighted by molar-refractivity contribution is -0.126. The fourth-order valence-electron chi connectivity index (χ4n) is 3.49. The lowest BCUT2D eigenvalue weighted by atomic mass is 9.97. The summed E-state index contributed by atoms with van der Waals surface area (Å²) in [6.07, 6.45) is 1.42. The van der Waals surface area contributed by atoms with Gasteiger partial charge in [-0.15, -0.1) is 0 Å². The van der Waals surface area contributed by atoms with Crippen molar-refractivity contribution in [2.24, 2.45) is 11.8 Å². The van der Waals surface area contributed by atoms with Gasteiger partial charge in [0.25, 0.3) is 0 Å². The van der Waals surface area contributed by atoms with E-state index in [2.05, 4.69) is 16.0 Å². The van der Waals surface area contributed by atoms with Crippen molar-refractivity contribution in [3.05, 3.63) is 35.9 Å². The minimum Gasteiger partial charge on any atom is -0.449 e. The van der Waals surface area contributed by atoms with Crippen molar-refractivity contribution in [2.45, 2.75) is 51.6 Å². The van der Waals surface area contributed by atoms with Gasteiger partial charge in [-0.3, -0.25) is 9.59 Å². The minimum absolute atomic E-state index is 0.0541. The van der Waals surface area contributed by atoms with E-state index in [-0.39, 0.29) is 36.9 Å². The summed E-state index contributed by atoms with van der Waals surface area (Å²) in [5.41, 5.74) is 1.06. The Morgan fingerprint density at radius 1 is 1.23 bits per heavy atom. The van der Waals surface area contributed by atoms with E-state index in [4.69, 9.17) is 4.74 Å². The van der Waals surface area contributed by atoms with Gasteiger partial charge in [0, 0.05) is 18.9 Å². The smallest absolute Gasteiger partial charge is 0.407 e. The summed E-state index contributed by atoms with van der Waals surface area (Å²) in [5, 5.41) is 17.8. The summed E-state index contributed by atoms with van der Waals surface area (Å²) in [5.74, 6) is -0.497. The van der Waals surface area contributed by atoms with Crippen LogP contribution in [0.2, 0.25) is 0 Å². The highest BCUT2D eigenvalue weighted by Gasteiger charge is 2.30. The van der Waals surface area contributed by atoms with Crippen LogP contribution in [0.25, 0.3) is 0 Å². The third-order valence-corrected chi connectivity index (χ3v) is 5.08. The standard InChI is InChI=1S/C22H33N3O5/c1-15(2)12-19(25-22(29)30-11-9-16-6-4-3-5-7-16)21(28)24-18(14-26)13-17-8-10-23-20(17)27/h3-7,15,17-19,26H,8-14H2,1-2H3,(H,23,27)(H,24,28)(H,25,29)/t17?,18-,19-/m0/s1. The molecule has 166 valence electrons. The fourth-order valence-corrected chi connectivity index (χ4v) is 3.49. The highest BCUT2D eigenvalue weighted by atomic mass is 16.5. The molecular weight excluding hydrogens is 386 g/mol. The molecule has 1 heterocycles. The minimum atomic E-state index is -0.777. The van der Waals surface area contributed by atoms with Crippen molar-refractivity contribution in [3.8, 4) is 0 Å². The maximum absolute atomic E-state index is 12.7. The van der Waals surface area contributed by atoms with Gasteiger partial charge in [-0.25, -0.2) is 4.79 Å². The maximum atomic E-state index is 12.7. The van der Waals surface area contributed by atoms with Crippen LogP contribution in [0.3, 0.4) is 0 Å². The molecule has 1 aromatic rings. The Kier molecular flexibility index (Phi) is 9.60. The van der Waals surface area contributed by atoms with Gasteiger partial charge in [0.2, 0.25) is 11.8 Å². The van der Waals surface area contributed by atoms with Crippen LogP contribution in [0, 0.1) is 11.8 Å². The van der Waals surface area contributed by atoms with Crippen LogP contribution < -0.4 is 16.0 Å². The zero-order valence-electron chi connectivity index (χ0n) is 17.7. The van der Waals surface area contributed by atoms with Gasteiger partial charge in [0.05, 0.1) is 19.3 Å². The van der Waals surface area contributed by atoms with Gasteiger partial charge in [0.1, 0.15) is 6.04 Å². The van der Waals surface area contributed by atoms with Gasteiger partial charge in [-0.2, -0.15) is 0 Å². The van der Waals surface area contributed by atoms with Gasteiger partial charge in [0.15, 0.2) is 0 Å². The molecule has 1 aliphatic heterocycles. The van der Waals surface area contributed by atoms with E-state index in [1.807, 2.05) is 44.2 Å². The number of aliphatic hydroxyl groups is 1. The summed E-state index contributed by atoms with van der Waals surface area (Å²) in [6, 6.07) is 8.35. The van der Waals surface area contributed by atoms with Crippen molar-refractivity contribution in [1.82, 2.24) is 16.0 Å². The predicted molar refractivity (Wildman–Crippen MR) is 113 cm³/mol. The van der Waals surface area contributed by atoms with Crippen LogP contribution in [-0.2, 0) is 20.7 Å². The second kappa shape index (κ2) is 12.2. The first-order chi connectivity index (χ1) is 14.4. The molecule has 1 fully saturated rings. The van der Waals surface area contributed by atoms with Crippen LogP contribution >= 0.6 is 0 Å². The number of benzene rings is 1. The number of carbonyl (C=O) groups is 3. The molecule has 30 heavy (non-hydrogen) atoms. The van der Waals surface area contributed by atoms with Crippen LogP contribution in [0.4, 0.5) is 4.79 Å². The van der Waals surface area contributed by atoms with Crippen molar-refractivity contribution >= 4 is 17.9 Å². The lowest BCUT2D eigenvalue weighted by Crippen LogP contribution is -2.51. The fraction of sp³-hybridized carbons (Fsp3) is 0.591. The first-order valence-electron chi connectivity index (χ1n) is 10.5. The zero-order valence-corrected chi connectivity index (χ0v) is 17.7. The molecule has 0 radical (unpaired) electrons. The number of amides is 3. The molecule has 8 heteroatoms. The normalized spacial score (nSPS) is 17.9. The van der Waals surface area contributed by atoms with Crippen molar-refractivity contribution in [2.75, 3.05) is 19.8 Å². The van der Waals surface area contributed by atoms with Crippen LogP contribution in [-0.4, -0.2) is 54.9 Å². The van der Waals surface area contributed by atoms with E-state index in [0.29, 0.717) is 32.2 Å². The Morgan fingerprint density at radius 2 is 1.97 bits per heavy atom. The van der Waals surface area contributed by atoms with E-state index in [0.717, 1.165) is 5.56 Å². The van der Waals surface area contributed by atoms with Gasteiger partial charge >= 0.3 is 6.09 Å². The molecule has 3 atom stereocenters. The number of ether oxygens (including phenoxy) is 1. The topological polar surface area (TPSA) is 117 Å². The van der Waals surface area contributed by atoms with E-state index < -0.39 is 18.2 Å². The zero-order chi connectivity index (χ0) is 21.9. The maximum Gasteiger partial charge on any atom is 0.407 e. The highest BCUT2D eigenvalue weighted by molar-refractivity contribution is 5.86. The quantitative estimate of drug-likeness (QED) is 0.432. The van der Waals surface area contributed by atoms with E-state index in [1.54, 1.807) is 0 Å². The number of hydrogen-bond acceptors (Lipinski definition) is 5. The molecule has 0 bridgehead atoms. The van der Waals surface area contributed by atoms with E-state index in [9.17, 15) is 19.5 Å². The molecule has 0 aliphatic carbocycles. The largest absolute Gasteiger partial charge is 0.449 e. The second-order valence-electron chi connectivity index (χ2n) is 8.10. The Morgan fingerprint density at radius 3 is 2.57 bits per heavy atom. The molecule has 0 aromatic heterocycles. The van der Waals surface area contributed by atoms with Gasteiger partial charge in [-0.1, -0.05) is 44.2 Å². The number of rotatable bonds is 11. The number of aliphatic hydroxyl groups excluding tert-OH is 1. The molecule has 1 saturated heterocycles. The third-order valence-electron chi connectivity index (χ3n) is 5.08. The van der Waals surface area contributed by atoms with E-state index in [1.165, 1.54) is 0 Å². The molecule has 0 spiro atoms. The second-order valence-corrected chi connectivity index (χ2v) is 8.10. The number of alkyl carbamates (subject to hydrolysis) is 1. The Labute approximate surface area is 177 Å². The van der Waals surface area contributed by atoms with Crippen LogP contribution in [0.15, 0.2) is 30.3 Å². The number of carbonyl (C=O) groups excluding carboxylic acids is 3. The molecular formula is C22H33N3O5. The van der Waals surface area contributed by atoms with Crippen molar-refractivity contribution < 1.29 is 24.2 Å². The molecule has 0 saturated carbocycles. The summed E-state index contributed by atoms with van der Waals surface area (Å²) in [4.78, 5) is 36.7. The molecule has 2 rings (SSSR count). The Hall–Kier alpha value is -2.61. The summed E-state index contributed by atoms with van der Waals surface area (Å²) in [6.45, 7) is 4.46. The average molecular weight is 420 g/mol. The van der Waals surface area contributed by atoms with Crippen LogP contribution in [0.1, 0.15) is 38.7 Å². The Bertz CT molecular complexity index is 695.